The van der Waals surface area contributed by atoms with Gasteiger partial charge in [-0.1, -0.05) is 19.1 Å². The number of halogens is 1. The van der Waals surface area contributed by atoms with Crippen LogP contribution in [-0.4, -0.2) is 24.3 Å². The summed E-state index contributed by atoms with van der Waals surface area (Å²) < 4.78 is 18.3. The summed E-state index contributed by atoms with van der Waals surface area (Å²) >= 11 is 0. The molecule has 0 bridgehead atoms. The van der Waals surface area contributed by atoms with Gasteiger partial charge >= 0.3 is 5.97 Å². The van der Waals surface area contributed by atoms with E-state index in [1.807, 2.05) is 6.92 Å². The molecule has 0 amide bonds. The number of rotatable bonds is 7. The summed E-state index contributed by atoms with van der Waals surface area (Å²) in [4.78, 5) is 11.1. The maximum atomic E-state index is 13.0. The van der Waals surface area contributed by atoms with Gasteiger partial charge in [-0.25, -0.2) is 4.39 Å². The summed E-state index contributed by atoms with van der Waals surface area (Å²) in [5.41, 5.74) is 0.484. The number of carboxylic acids is 1. The van der Waals surface area contributed by atoms with Crippen molar-refractivity contribution in [2.75, 3.05) is 13.2 Å². The molecule has 0 fully saturated rings. The van der Waals surface area contributed by atoms with Crippen molar-refractivity contribution in [2.24, 2.45) is 0 Å². The van der Waals surface area contributed by atoms with Crippen LogP contribution in [0.5, 0.6) is 0 Å². The maximum absolute atomic E-state index is 13.0. The highest BCUT2D eigenvalue weighted by atomic mass is 19.1. The van der Waals surface area contributed by atoms with Gasteiger partial charge in [-0.05, 0) is 30.5 Å². The molecule has 17 heavy (non-hydrogen) atoms. The Balaban J connectivity index is 2.63. The third-order valence-electron chi connectivity index (χ3n) is 2.45. The molecule has 0 saturated carbocycles. The Morgan fingerprint density at radius 3 is 2.82 bits per heavy atom. The predicted octanol–water partition coefficient (Wildman–Crippen LogP) is 2.81. The number of hydrogen-bond acceptors (Lipinski definition) is 2. The predicted molar refractivity (Wildman–Crippen MR) is 62.5 cm³/mol. The zero-order chi connectivity index (χ0) is 12.7. The summed E-state index contributed by atoms with van der Waals surface area (Å²) in [5.74, 6) is -2.07. The van der Waals surface area contributed by atoms with E-state index in [2.05, 4.69) is 0 Å². The second kappa shape index (κ2) is 7.01. The molecule has 94 valence electrons. The molecule has 0 aliphatic carbocycles. The van der Waals surface area contributed by atoms with E-state index in [0.29, 0.717) is 25.2 Å². The fourth-order valence-electron chi connectivity index (χ4n) is 1.60. The highest BCUT2D eigenvalue weighted by Crippen LogP contribution is 2.20. The average Bonchev–Trinajstić information content (AvgIpc) is 2.28. The smallest absolute Gasteiger partial charge is 0.311 e. The first-order valence-electron chi connectivity index (χ1n) is 5.71. The van der Waals surface area contributed by atoms with E-state index in [1.165, 1.54) is 18.2 Å². The van der Waals surface area contributed by atoms with Gasteiger partial charge in [-0.3, -0.25) is 4.79 Å². The SMILES string of the molecule is CCCOCCC(C(=O)O)c1cccc(F)c1. The molecule has 0 aliphatic rings. The highest BCUT2D eigenvalue weighted by molar-refractivity contribution is 5.76. The summed E-state index contributed by atoms with van der Waals surface area (Å²) in [5, 5.41) is 9.10. The van der Waals surface area contributed by atoms with Crippen molar-refractivity contribution in [3.63, 3.8) is 0 Å². The molecule has 0 radical (unpaired) electrons. The number of aliphatic carboxylic acids is 1. The van der Waals surface area contributed by atoms with Crippen molar-refractivity contribution in [1.82, 2.24) is 0 Å². The molecule has 0 aromatic heterocycles. The number of carboxylic acid groups (broad SMARTS) is 1. The molecule has 0 spiro atoms. The van der Waals surface area contributed by atoms with Crippen LogP contribution >= 0.6 is 0 Å². The molecular weight excluding hydrogens is 223 g/mol. The molecule has 0 aliphatic heterocycles. The minimum atomic E-state index is -0.948. The fourth-order valence-corrected chi connectivity index (χ4v) is 1.60. The average molecular weight is 240 g/mol. The van der Waals surface area contributed by atoms with Crippen molar-refractivity contribution in [3.05, 3.63) is 35.6 Å². The van der Waals surface area contributed by atoms with E-state index in [0.717, 1.165) is 6.42 Å². The summed E-state index contributed by atoms with van der Waals surface area (Å²) in [7, 11) is 0. The fraction of sp³-hybridized carbons (Fsp3) is 0.462. The van der Waals surface area contributed by atoms with E-state index in [4.69, 9.17) is 9.84 Å². The number of benzene rings is 1. The highest BCUT2D eigenvalue weighted by Gasteiger charge is 2.19. The van der Waals surface area contributed by atoms with Crippen LogP contribution in [0.1, 0.15) is 31.2 Å². The van der Waals surface area contributed by atoms with Gasteiger partial charge in [0.05, 0.1) is 5.92 Å². The lowest BCUT2D eigenvalue weighted by Gasteiger charge is -2.12. The van der Waals surface area contributed by atoms with Gasteiger partial charge in [0.2, 0.25) is 0 Å². The van der Waals surface area contributed by atoms with Crippen LogP contribution in [0.2, 0.25) is 0 Å². The van der Waals surface area contributed by atoms with Crippen molar-refractivity contribution >= 4 is 5.97 Å². The Labute approximate surface area is 100 Å². The van der Waals surface area contributed by atoms with Gasteiger partial charge < -0.3 is 9.84 Å². The summed E-state index contributed by atoms with van der Waals surface area (Å²) in [6.07, 6.45) is 1.26. The minimum Gasteiger partial charge on any atom is -0.481 e. The van der Waals surface area contributed by atoms with Crippen LogP contribution in [0.3, 0.4) is 0 Å². The standard InChI is InChI=1S/C13H17FO3/c1-2-7-17-8-6-12(13(15)16)10-4-3-5-11(14)9-10/h3-5,9,12H,2,6-8H2,1H3,(H,15,16). The van der Waals surface area contributed by atoms with E-state index in [1.54, 1.807) is 6.07 Å². The molecule has 1 aromatic rings. The van der Waals surface area contributed by atoms with E-state index in [-0.39, 0.29) is 0 Å². The summed E-state index contributed by atoms with van der Waals surface area (Å²) in [6, 6.07) is 5.71. The first-order chi connectivity index (χ1) is 8.15. The molecule has 1 unspecified atom stereocenters. The lowest BCUT2D eigenvalue weighted by atomic mass is 9.96. The molecule has 0 heterocycles. The van der Waals surface area contributed by atoms with Crippen molar-refractivity contribution in [3.8, 4) is 0 Å². The Morgan fingerprint density at radius 2 is 2.24 bits per heavy atom. The zero-order valence-electron chi connectivity index (χ0n) is 9.86. The molecule has 1 aromatic carbocycles. The summed E-state index contributed by atoms with van der Waals surface area (Å²) in [6.45, 7) is 2.98. The van der Waals surface area contributed by atoms with Crippen LogP contribution in [0, 0.1) is 5.82 Å². The van der Waals surface area contributed by atoms with Gasteiger partial charge in [-0.15, -0.1) is 0 Å². The van der Waals surface area contributed by atoms with Gasteiger partial charge in [0.15, 0.2) is 0 Å². The number of carbonyl (C=O) groups is 1. The van der Waals surface area contributed by atoms with E-state index in [9.17, 15) is 9.18 Å². The molecule has 1 rings (SSSR count). The Kier molecular flexibility index (Phi) is 5.63. The van der Waals surface area contributed by atoms with Crippen LogP contribution in [-0.2, 0) is 9.53 Å². The maximum Gasteiger partial charge on any atom is 0.311 e. The normalized spacial score (nSPS) is 12.4. The Hall–Kier alpha value is -1.42. The van der Waals surface area contributed by atoms with Crippen LogP contribution in [0.15, 0.2) is 24.3 Å². The van der Waals surface area contributed by atoms with Crippen molar-refractivity contribution in [1.29, 1.82) is 0 Å². The van der Waals surface area contributed by atoms with Gasteiger partial charge in [-0.2, -0.15) is 0 Å². The van der Waals surface area contributed by atoms with Gasteiger partial charge in [0.1, 0.15) is 5.82 Å². The lowest BCUT2D eigenvalue weighted by molar-refractivity contribution is -0.139. The quantitative estimate of drug-likeness (QED) is 0.745. The van der Waals surface area contributed by atoms with Crippen LogP contribution in [0.4, 0.5) is 4.39 Å². The molecule has 1 N–H and O–H groups in total. The molecule has 4 heteroatoms. The second-order valence-electron chi connectivity index (χ2n) is 3.85. The molecule has 1 atom stereocenters. The van der Waals surface area contributed by atoms with Crippen molar-refractivity contribution in [2.45, 2.75) is 25.7 Å². The third kappa shape index (κ3) is 4.53. The zero-order valence-corrected chi connectivity index (χ0v) is 9.86. The number of hydrogen-bond donors (Lipinski definition) is 1. The van der Waals surface area contributed by atoms with Gasteiger partial charge in [0, 0.05) is 13.2 Å². The molecule has 0 saturated heterocycles. The first kappa shape index (κ1) is 13.6. The molecular formula is C13H17FO3. The van der Waals surface area contributed by atoms with Crippen molar-refractivity contribution < 1.29 is 19.0 Å². The van der Waals surface area contributed by atoms with E-state index >= 15 is 0 Å². The van der Waals surface area contributed by atoms with Crippen LogP contribution in [0.25, 0.3) is 0 Å². The second-order valence-corrected chi connectivity index (χ2v) is 3.85. The topological polar surface area (TPSA) is 46.5 Å². The van der Waals surface area contributed by atoms with Crippen LogP contribution < -0.4 is 0 Å². The Morgan fingerprint density at radius 1 is 1.47 bits per heavy atom. The first-order valence-corrected chi connectivity index (χ1v) is 5.71. The largest absolute Gasteiger partial charge is 0.481 e. The molecule has 3 nitrogen and oxygen atoms in total. The van der Waals surface area contributed by atoms with E-state index < -0.39 is 17.7 Å². The third-order valence-corrected chi connectivity index (χ3v) is 2.45. The Bertz CT molecular complexity index is 365. The lowest BCUT2D eigenvalue weighted by Crippen LogP contribution is -2.14. The minimum absolute atomic E-state index is 0.360. The number of ether oxygens (including phenoxy) is 1. The monoisotopic (exact) mass is 240 g/mol. The van der Waals surface area contributed by atoms with Gasteiger partial charge in [0.25, 0.3) is 0 Å².